The van der Waals surface area contributed by atoms with E-state index in [1.165, 1.54) is 47.9 Å². The molecule has 0 heterocycles. The van der Waals surface area contributed by atoms with Gasteiger partial charge in [0.15, 0.2) is 0 Å². The van der Waals surface area contributed by atoms with Gasteiger partial charge in [0.1, 0.15) is 5.75 Å². The van der Waals surface area contributed by atoms with Crippen LogP contribution in [0.2, 0.25) is 0 Å². The number of benzene rings is 2. The normalized spacial score (nSPS) is 10.8. The molecule has 0 radical (unpaired) electrons. The summed E-state index contributed by atoms with van der Waals surface area (Å²) in [6.07, 6.45) is 8.54. The topological polar surface area (TPSA) is 46.5 Å². The largest absolute Gasteiger partial charge is 0.511 e. The highest BCUT2D eigenvalue weighted by Gasteiger charge is 2.18. The van der Waals surface area contributed by atoms with Gasteiger partial charge in [-0.15, -0.1) is 0 Å². The highest BCUT2D eigenvalue weighted by molar-refractivity contribution is 5.74. The van der Waals surface area contributed by atoms with Crippen molar-refractivity contribution in [3.05, 3.63) is 53.1 Å². The van der Waals surface area contributed by atoms with Crippen molar-refractivity contribution in [2.75, 3.05) is 0 Å². The fraction of sp³-hybridized carbons (Fsp3) is 0.480. The van der Waals surface area contributed by atoms with Gasteiger partial charge in [-0.05, 0) is 59.6 Å². The lowest BCUT2D eigenvalue weighted by Crippen LogP contribution is -2.08. The molecule has 3 nitrogen and oxygen atoms in total. The molecule has 0 aliphatic rings. The molecule has 0 atom stereocenters. The van der Waals surface area contributed by atoms with Crippen molar-refractivity contribution < 1.29 is 14.6 Å². The van der Waals surface area contributed by atoms with Crippen LogP contribution in [-0.4, -0.2) is 11.3 Å². The molecule has 0 amide bonds. The van der Waals surface area contributed by atoms with Gasteiger partial charge in [0.05, 0.1) is 0 Å². The summed E-state index contributed by atoms with van der Waals surface area (Å²) in [5, 5.41) is 9.13. The fourth-order valence-corrected chi connectivity index (χ4v) is 3.92. The van der Waals surface area contributed by atoms with E-state index in [9.17, 15) is 4.79 Å². The molecule has 0 saturated carbocycles. The maximum absolute atomic E-state index is 11.2. The maximum atomic E-state index is 11.2. The standard InChI is InChI=1S/C25H34O3/c1-4-7-8-9-14-19-15-10-11-16-20(19)22-17-18-24(28-25(26)27)23(13-6-3)21(22)12-5-2/h10-11,15-18H,4-9,12-14H2,1-3H3,(H,26,27). The second kappa shape index (κ2) is 11.5. The summed E-state index contributed by atoms with van der Waals surface area (Å²) in [5.74, 6) is 0.488. The van der Waals surface area contributed by atoms with Crippen LogP contribution in [0.25, 0.3) is 11.1 Å². The lowest BCUT2D eigenvalue weighted by atomic mass is 9.87. The number of rotatable bonds is 11. The van der Waals surface area contributed by atoms with Gasteiger partial charge in [0.25, 0.3) is 0 Å². The minimum Gasteiger partial charge on any atom is -0.449 e. The van der Waals surface area contributed by atoms with Gasteiger partial charge in [-0.25, -0.2) is 4.79 Å². The average molecular weight is 383 g/mol. The Morgan fingerprint density at radius 3 is 2.18 bits per heavy atom. The first-order valence-electron chi connectivity index (χ1n) is 10.8. The van der Waals surface area contributed by atoms with E-state index in [0.717, 1.165) is 37.7 Å². The number of unbranched alkanes of at least 4 members (excludes halogenated alkanes) is 3. The van der Waals surface area contributed by atoms with Crippen molar-refractivity contribution in [2.45, 2.75) is 78.6 Å². The molecular weight excluding hydrogens is 348 g/mol. The summed E-state index contributed by atoms with van der Waals surface area (Å²) in [6, 6.07) is 12.5. The third kappa shape index (κ3) is 5.85. The zero-order valence-corrected chi connectivity index (χ0v) is 17.6. The number of carbonyl (C=O) groups is 1. The summed E-state index contributed by atoms with van der Waals surface area (Å²) in [5.41, 5.74) is 6.18. The van der Waals surface area contributed by atoms with E-state index < -0.39 is 6.16 Å². The van der Waals surface area contributed by atoms with Crippen LogP contribution in [0.5, 0.6) is 5.75 Å². The van der Waals surface area contributed by atoms with Gasteiger partial charge in [-0.3, -0.25) is 0 Å². The SMILES string of the molecule is CCCCCCc1ccccc1-c1ccc(OC(=O)O)c(CCC)c1CCC. The molecule has 3 heteroatoms. The van der Waals surface area contributed by atoms with Crippen LogP contribution < -0.4 is 4.74 Å². The molecule has 2 rings (SSSR count). The Labute approximate surface area is 169 Å². The summed E-state index contributed by atoms with van der Waals surface area (Å²) < 4.78 is 5.11. The molecule has 2 aromatic carbocycles. The number of hydrogen-bond acceptors (Lipinski definition) is 2. The van der Waals surface area contributed by atoms with Crippen molar-refractivity contribution in [3.63, 3.8) is 0 Å². The van der Waals surface area contributed by atoms with E-state index >= 15 is 0 Å². The van der Waals surface area contributed by atoms with Crippen LogP contribution in [0.4, 0.5) is 4.79 Å². The summed E-state index contributed by atoms with van der Waals surface area (Å²) in [6.45, 7) is 6.52. The monoisotopic (exact) mass is 382 g/mol. The average Bonchev–Trinajstić information content (AvgIpc) is 2.68. The van der Waals surface area contributed by atoms with Crippen LogP contribution >= 0.6 is 0 Å². The van der Waals surface area contributed by atoms with Crippen LogP contribution in [0, 0.1) is 0 Å². The van der Waals surface area contributed by atoms with Gasteiger partial charge >= 0.3 is 6.16 Å². The Bertz CT molecular complexity index is 764. The van der Waals surface area contributed by atoms with E-state index in [1.807, 2.05) is 12.1 Å². The first kappa shape index (κ1) is 22.0. The second-order valence-electron chi connectivity index (χ2n) is 7.40. The van der Waals surface area contributed by atoms with E-state index in [2.05, 4.69) is 45.0 Å². The van der Waals surface area contributed by atoms with Gasteiger partial charge in [0, 0.05) is 0 Å². The van der Waals surface area contributed by atoms with E-state index in [4.69, 9.17) is 9.84 Å². The summed E-state index contributed by atoms with van der Waals surface area (Å²) in [7, 11) is 0. The molecule has 0 spiro atoms. The van der Waals surface area contributed by atoms with E-state index in [0.29, 0.717) is 5.75 Å². The predicted octanol–water partition coefficient (Wildman–Crippen LogP) is 7.44. The number of aryl methyl sites for hydroxylation is 1. The predicted molar refractivity (Wildman–Crippen MR) is 116 cm³/mol. The minimum atomic E-state index is -1.25. The van der Waals surface area contributed by atoms with Crippen LogP contribution in [0.3, 0.4) is 0 Å². The van der Waals surface area contributed by atoms with E-state index in [1.54, 1.807) is 0 Å². The van der Waals surface area contributed by atoms with Gasteiger partial charge in [-0.1, -0.05) is 83.2 Å². The van der Waals surface area contributed by atoms with Gasteiger partial charge in [0.2, 0.25) is 0 Å². The first-order chi connectivity index (χ1) is 13.6. The zero-order chi connectivity index (χ0) is 20.4. The molecule has 0 aliphatic carbocycles. The molecule has 0 aromatic heterocycles. The molecule has 1 N–H and O–H groups in total. The third-order valence-corrected chi connectivity index (χ3v) is 5.19. The van der Waals surface area contributed by atoms with Crippen LogP contribution in [0.1, 0.15) is 76.0 Å². The van der Waals surface area contributed by atoms with Gasteiger partial charge in [-0.2, -0.15) is 0 Å². The number of hydrogen-bond donors (Lipinski definition) is 1. The lowest BCUT2D eigenvalue weighted by molar-refractivity contribution is 0.144. The molecule has 0 bridgehead atoms. The Morgan fingerprint density at radius 1 is 0.786 bits per heavy atom. The smallest absolute Gasteiger partial charge is 0.449 e. The molecule has 28 heavy (non-hydrogen) atoms. The van der Waals surface area contributed by atoms with Crippen molar-refractivity contribution >= 4 is 6.16 Å². The molecule has 0 fully saturated rings. The molecule has 152 valence electrons. The number of ether oxygens (including phenoxy) is 1. The van der Waals surface area contributed by atoms with Gasteiger partial charge < -0.3 is 9.84 Å². The highest BCUT2D eigenvalue weighted by atomic mass is 16.7. The second-order valence-corrected chi connectivity index (χ2v) is 7.40. The van der Waals surface area contributed by atoms with E-state index in [-0.39, 0.29) is 0 Å². The highest BCUT2D eigenvalue weighted by Crippen LogP contribution is 2.36. The Morgan fingerprint density at radius 2 is 1.50 bits per heavy atom. The minimum absolute atomic E-state index is 0.488. The van der Waals surface area contributed by atoms with Crippen LogP contribution in [-0.2, 0) is 19.3 Å². The summed E-state index contributed by atoms with van der Waals surface area (Å²) >= 11 is 0. The molecule has 0 unspecified atom stereocenters. The Hall–Kier alpha value is -2.29. The quantitative estimate of drug-likeness (QED) is 0.249. The summed E-state index contributed by atoms with van der Waals surface area (Å²) in [4.78, 5) is 11.2. The Balaban J connectivity index is 2.49. The van der Waals surface area contributed by atoms with Crippen LogP contribution in [0.15, 0.2) is 36.4 Å². The van der Waals surface area contributed by atoms with Crippen molar-refractivity contribution in [2.24, 2.45) is 0 Å². The zero-order valence-electron chi connectivity index (χ0n) is 17.6. The maximum Gasteiger partial charge on any atom is 0.511 e. The third-order valence-electron chi connectivity index (χ3n) is 5.19. The first-order valence-corrected chi connectivity index (χ1v) is 10.8. The fourth-order valence-electron chi connectivity index (χ4n) is 3.92. The number of carboxylic acid groups (broad SMARTS) is 1. The Kier molecular flexibility index (Phi) is 9.06. The molecule has 0 saturated heterocycles. The van der Waals surface area contributed by atoms with Crippen molar-refractivity contribution in [1.29, 1.82) is 0 Å². The van der Waals surface area contributed by atoms with Crippen molar-refractivity contribution in [1.82, 2.24) is 0 Å². The molecule has 2 aromatic rings. The molecule has 0 aliphatic heterocycles. The van der Waals surface area contributed by atoms with Crippen molar-refractivity contribution in [3.8, 4) is 16.9 Å². The lowest BCUT2D eigenvalue weighted by Gasteiger charge is -2.19. The molecular formula is C25H34O3.